The van der Waals surface area contributed by atoms with Crippen LogP contribution in [0.4, 0.5) is 5.69 Å². The van der Waals surface area contributed by atoms with Crippen LogP contribution in [0.2, 0.25) is 0 Å². The molecule has 0 aliphatic rings. The number of carbonyl (C=O) groups is 2. The first-order valence-corrected chi connectivity index (χ1v) is 8.44. The first-order valence-electron chi connectivity index (χ1n) is 7.05. The largest absolute Gasteiger partial charge is 0.497 e. The van der Waals surface area contributed by atoms with E-state index in [2.05, 4.69) is 10.6 Å². The highest BCUT2D eigenvalue weighted by Crippen LogP contribution is 2.15. The Balaban J connectivity index is 2.73. The number of carbonyl (C=O) groups excluding carboxylic acids is 1. The maximum absolute atomic E-state index is 12.0. The van der Waals surface area contributed by atoms with Crippen molar-refractivity contribution in [3.63, 3.8) is 0 Å². The maximum atomic E-state index is 12.0. The predicted octanol–water partition coefficient (Wildman–Crippen LogP) is 1.84. The van der Waals surface area contributed by atoms with E-state index in [1.807, 2.05) is 6.26 Å². The van der Waals surface area contributed by atoms with E-state index in [0.717, 1.165) is 0 Å². The quantitative estimate of drug-likeness (QED) is 0.461. The van der Waals surface area contributed by atoms with Crippen LogP contribution in [0.5, 0.6) is 5.75 Å². The van der Waals surface area contributed by atoms with Crippen molar-refractivity contribution in [3.05, 3.63) is 36.0 Å². The molecule has 0 spiro atoms. The molecule has 7 nitrogen and oxygen atoms in total. The third-order valence-electron chi connectivity index (χ3n) is 3.05. The van der Waals surface area contributed by atoms with Crippen LogP contribution in [0.1, 0.15) is 6.42 Å². The first kappa shape index (κ1) is 19.4. The maximum Gasteiger partial charge on any atom is 0.326 e. The highest BCUT2D eigenvalue weighted by molar-refractivity contribution is 7.98. The van der Waals surface area contributed by atoms with Crippen molar-refractivity contribution >= 4 is 29.3 Å². The number of ether oxygens (including phenoxy) is 1. The van der Waals surface area contributed by atoms with Crippen molar-refractivity contribution in [2.24, 2.45) is 0 Å². The molecule has 1 atom stereocenters. The minimum absolute atomic E-state index is 0.207. The summed E-state index contributed by atoms with van der Waals surface area (Å²) >= 11 is 1.48. The SMILES string of the molecule is COc1ccc(N/C=C(/C#N)C(=O)NC(CCSC)C(=O)O)cc1. The predicted molar refractivity (Wildman–Crippen MR) is 92.9 cm³/mol. The summed E-state index contributed by atoms with van der Waals surface area (Å²) in [6.45, 7) is 0. The third-order valence-corrected chi connectivity index (χ3v) is 3.70. The Morgan fingerprint density at radius 2 is 2.08 bits per heavy atom. The second-order valence-electron chi connectivity index (χ2n) is 4.69. The van der Waals surface area contributed by atoms with E-state index in [9.17, 15) is 9.59 Å². The van der Waals surface area contributed by atoms with Crippen molar-refractivity contribution in [1.82, 2.24) is 5.32 Å². The molecular formula is C16H19N3O4S. The van der Waals surface area contributed by atoms with Crippen molar-refractivity contribution < 1.29 is 19.4 Å². The Morgan fingerprint density at radius 3 is 2.58 bits per heavy atom. The molecule has 0 aliphatic heterocycles. The molecule has 0 fully saturated rings. The molecule has 0 bridgehead atoms. The number of carboxylic acid groups (broad SMARTS) is 1. The van der Waals surface area contributed by atoms with E-state index in [1.54, 1.807) is 37.4 Å². The fraction of sp³-hybridized carbons (Fsp3) is 0.312. The minimum Gasteiger partial charge on any atom is -0.497 e. The number of hydrogen-bond donors (Lipinski definition) is 3. The fourth-order valence-corrected chi connectivity index (χ4v) is 2.19. The Hall–Kier alpha value is -2.66. The number of anilines is 1. The summed E-state index contributed by atoms with van der Waals surface area (Å²) in [5.74, 6) is -0.585. The standard InChI is InChI=1S/C16H19N3O4S/c1-23-13-5-3-12(4-6-13)18-10-11(9-17)15(20)19-14(16(21)22)7-8-24-2/h3-6,10,14,18H,7-8H2,1-2H3,(H,19,20)(H,21,22)/b11-10-. The molecule has 0 aliphatic carbocycles. The molecule has 1 amide bonds. The summed E-state index contributed by atoms with van der Waals surface area (Å²) < 4.78 is 5.04. The second kappa shape index (κ2) is 10.2. The molecule has 0 heterocycles. The molecule has 0 saturated carbocycles. The Labute approximate surface area is 144 Å². The molecule has 24 heavy (non-hydrogen) atoms. The fourth-order valence-electron chi connectivity index (χ4n) is 1.72. The first-order chi connectivity index (χ1) is 11.5. The topological polar surface area (TPSA) is 111 Å². The monoisotopic (exact) mass is 349 g/mol. The number of carboxylic acids is 1. The summed E-state index contributed by atoms with van der Waals surface area (Å²) in [6.07, 6.45) is 3.37. The average molecular weight is 349 g/mol. The minimum atomic E-state index is -1.13. The summed E-state index contributed by atoms with van der Waals surface area (Å²) in [5.41, 5.74) is 0.453. The number of nitrogens with zero attached hydrogens (tertiary/aromatic N) is 1. The van der Waals surface area contributed by atoms with Crippen LogP contribution in [-0.4, -0.2) is 42.1 Å². The van der Waals surface area contributed by atoms with Gasteiger partial charge in [0.2, 0.25) is 0 Å². The Bertz CT molecular complexity index is 638. The number of methoxy groups -OCH3 is 1. The number of nitrogens with one attached hydrogen (secondary N) is 2. The van der Waals surface area contributed by atoms with E-state index in [-0.39, 0.29) is 12.0 Å². The average Bonchev–Trinajstić information content (AvgIpc) is 2.59. The highest BCUT2D eigenvalue weighted by Gasteiger charge is 2.21. The Kier molecular flexibility index (Phi) is 8.22. The molecule has 0 radical (unpaired) electrons. The van der Waals surface area contributed by atoms with Crippen molar-refractivity contribution in [1.29, 1.82) is 5.26 Å². The van der Waals surface area contributed by atoms with E-state index in [1.165, 1.54) is 18.0 Å². The molecule has 1 unspecified atom stereocenters. The number of aliphatic carboxylic acids is 1. The zero-order valence-electron chi connectivity index (χ0n) is 13.4. The van der Waals surface area contributed by atoms with Crippen LogP contribution in [0, 0.1) is 11.3 Å². The van der Waals surface area contributed by atoms with E-state index >= 15 is 0 Å². The van der Waals surface area contributed by atoms with Gasteiger partial charge in [0.05, 0.1) is 7.11 Å². The van der Waals surface area contributed by atoms with Gasteiger partial charge in [-0.15, -0.1) is 0 Å². The zero-order valence-corrected chi connectivity index (χ0v) is 14.2. The van der Waals surface area contributed by atoms with Gasteiger partial charge in [-0.25, -0.2) is 4.79 Å². The smallest absolute Gasteiger partial charge is 0.326 e. The summed E-state index contributed by atoms with van der Waals surface area (Å²) in [5, 5.41) is 23.4. The number of hydrogen-bond acceptors (Lipinski definition) is 6. The van der Waals surface area contributed by atoms with Gasteiger partial charge in [0.1, 0.15) is 23.4 Å². The molecule has 1 aromatic carbocycles. The molecule has 0 aromatic heterocycles. The molecule has 0 saturated heterocycles. The molecular weight excluding hydrogens is 330 g/mol. The zero-order chi connectivity index (χ0) is 17.9. The lowest BCUT2D eigenvalue weighted by Gasteiger charge is -2.13. The highest BCUT2D eigenvalue weighted by atomic mass is 32.2. The molecule has 8 heteroatoms. The van der Waals surface area contributed by atoms with Crippen molar-refractivity contribution in [3.8, 4) is 11.8 Å². The second-order valence-corrected chi connectivity index (χ2v) is 5.67. The number of rotatable bonds is 9. The molecule has 3 N–H and O–H groups in total. The number of nitriles is 1. The van der Waals surface area contributed by atoms with Gasteiger partial charge in [-0.05, 0) is 42.7 Å². The van der Waals surface area contributed by atoms with Crippen LogP contribution in [-0.2, 0) is 9.59 Å². The summed E-state index contributed by atoms with van der Waals surface area (Å²) in [6, 6.07) is 7.63. The van der Waals surface area contributed by atoms with Gasteiger partial charge in [0.25, 0.3) is 5.91 Å². The van der Waals surface area contributed by atoms with Crippen LogP contribution in [0.25, 0.3) is 0 Å². The van der Waals surface area contributed by atoms with E-state index in [0.29, 0.717) is 17.2 Å². The summed E-state index contributed by atoms with van der Waals surface area (Å²) in [7, 11) is 1.55. The van der Waals surface area contributed by atoms with Gasteiger partial charge in [-0.3, -0.25) is 4.79 Å². The number of amides is 1. The van der Waals surface area contributed by atoms with Gasteiger partial charge in [-0.1, -0.05) is 0 Å². The lowest BCUT2D eigenvalue weighted by atomic mass is 10.2. The molecule has 1 rings (SSSR count). The van der Waals surface area contributed by atoms with Gasteiger partial charge >= 0.3 is 5.97 Å². The van der Waals surface area contributed by atoms with E-state index < -0.39 is 17.9 Å². The third kappa shape index (κ3) is 6.22. The van der Waals surface area contributed by atoms with Crippen LogP contribution < -0.4 is 15.4 Å². The number of benzene rings is 1. The van der Waals surface area contributed by atoms with Crippen LogP contribution in [0.15, 0.2) is 36.0 Å². The van der Waals surface area contributed by atoms with E-state index in [4.69, 9.17) is 15.1 Å². The van der Waals surface area contributed by atoms with Gasteiger partial charge in [0.15, 0.2) is 0 Å². The molecule has 1 aromatic rings. The lowest BCUT2D eigenvalue weighted by Crippen LogP contribution is -2.41. The Morgan fingerprint density at radius 1 is 1.42 bits per heavy atom. The van der Waals surface area contributed by atoms with Crippen molar-refractivity contribution in [2.45, 2.75) is 12.5 Å². The van der Waals surface area contributed by atoms with Crippen LogP contribution in [0.3, 0.4) is 0 Å². The van der Waals surface area contributed by atoms with Crippen LogP contribution >= 0.6 is 11.8 Å². The van der Waals surface area contributed by atoms with Gasteiger partial charge in [-0.2, -0.15) is 17.0 Å². The number of thioether (sulfide) groups is 1. The summed E-state index contributed by atoms with van der Waals surface area (Å²) in [4.78, 5) is 23.2. The van der Waals surface area contributed by atoms with Crippen molar-refractivity contribution in [2.75, 3.05) is 24.4 Å². The van der Waals surface area contributed by atoms with Gasteiger partial charge in [0, 0.05) is 11.9 Å². The lowest BCUT2D eigenvalue weighted by molar-refractivity contribution is -0.141. The molecule has 128 valence electrons. The van der Waals surface area contributed by atoms with Gasteiger partial charge < -0.3 is 20.5 Å². The normalized spacial score (nSPS) is 12.0.